The lowest BCUT2D eigenvalue weighted by Crippen LogP contribution is -2.50. The number of H-pyrrole nitrogens is 1. The van der Waals surface area contributed by atoms with Crippen molar-refractivity contribution in [2.45, 2.75) is 63.6 Å². The maximum absolute atomic E-state index is 13.1. The molecule has 34 heavy (non-hydrogen) atoms. The van der Waals surface area contributed by atoms with Gasteiger partial charge in [-0.05, 0) is 57.2 Å². The largest absolute Gasteiger partial charge is 0.351 e. The van der Waals surface area contributed by atoms with Crippen LogP contribution in [-0.2, 0) is 9.59 Å². The normalized spacial score (nSPS) is 20.9. The highest BCUT2D eigenvalue weighted by atomic mass is 35.5. The molecule has 2 unspecified atom stereocenters. The highest BCUT2D eigenvalue weighted by molar-refractivity contribution is 6.38. The Kier molecular flexibility index (Phi) is 6.79. The molecule has 3 atom stereocenters. The molecule has 1 saturated heterocycles. The van der Waals surface area contributed by atoms with Gasteiger partial charge >= 0.3 is 0 Å². The summed E-state index contributed by atoms with van der Waals surface area (Å²) in [6, 6.07) is 5.35. The smallest absolute Gasteiger partial charge is 0.268 e. The predicted molar refractivity (Wildman–Crippen MR) is 129 cm³/mol. The minimum absolute atomic E-state index is 0.111. The summed E-state index contributed by atoms with van der Waals surface area (Å²) in [5.74, 6) is -0.982. The highest BCUT2D eigenvalue weighted by Gasteiger charge is 2.39. The van der Waals surface area contributed by atoms with Crippen molar-refractivity contribution in [2.75, 3.05) is 0 Å². The van der Waals surface area contributed by atoms with E-state index in [1.54, 1.807) is 18.2 Å². The van der Waals surface area contributed by atoms with Gasteiger partial charge in [-0.1, -0.05) is 36.0 Å². The zero-order chi connectivity index (χ0) is 24.6. The summed E-state index contributed by atoms with van der Waals surface area (Å²) in [6.07, 6.45) is 3.30. The SMILES string of the molecule is CC1(C)CC(C[C@@H](C#N)NC(=O)C(CC2CC2)NC(=O)c2cc3c(Cl)cc(Cl)cc3[nH]2)C(=O)N1. The molecule has 1 aromatic heterocycles. The Labute approximate surface area is 207 Å². The molecule has 1 aliphatic heterocycles. The number of carbonyl (C=O) groups is 3. The monoisotopic (exact) mass is 503 g/mol. The van der Waals surface area contributed by atoms with Crippen LogP contribution in [0, 0.1) is 23.2 Å². The molecule has 4 N–H and O–H groups in total. The van der Waals surface area contributed by atoms with Crippen LogP contribution in [0.3, 0.4) is 0 Å². The summed E-state index contributed by atoms with van der Waals surface area (Å²) in [5, 5.41) is 19.6. The number of rotatable bonds is 8. The zero-order valence-electron chi connectivity index (χ0n) is 19.0. The second-order valence-corrected chi connectivity index (χ2v) is 10.8. The van der Waals surface area contributed by atoms with E-state index in [1.165, 1.54) is 0 Å². The van der Waals surface area contributed by atoms with Gasteiger partial charge in [0.25, 0.3) is 5.91 Å². The number of carbonyl (C=O) groups excluding carboxylic acids is 3. The van der Waals surface area contributed by atoms with Crippen molar-refractivity contribution >= 4 is 51.8 Å². The first kappa shape index (κ1) is 24.4. The number of nitrogens with one attached hydrogen (secondary N) is 4. The van der Waals surface area contributed by atoms with Gasteiger partial charge in [-0.3, -0.25) is 14.4 Å². The molecule has 4 rings (SSSR count). The number of halogens is 2. The van der Waals surface area contributed by atoms with Crippen LogP contribution in [0.2, 0.25) is 10.0 Å². The molecule has 8 nitrogen and oxygen atoms in total. The summed E-state index contributed by atoms with van der Waals surface area (Å²) < 4.78 is 0. The van der Waals surface area contributed by atoms with E-state index in [4.69, 9.17) is 23.2 Å². The Morgan fingerprint density at radius 3 is 2.56 bits per heavy atom. The Balaban J connectivity index is 1.44. The molecule has 2 fully saturated rings. The topological polar surface area (TPSA) is 127 Å². The van der Waals surface area contributed by atoms with E-state index in [0.717, 1.165) is 12.8 Å². The van der Waals surface area contributed by atoms with Gasteiger partial charge in [0.05, 0.1) is 11.1 Å². The molecule has 1 saturated carbocycles. The molecule has 0 radical (unpaired) electrons. The van der Waals surface area contributed by atoms with Gasteiger partial charge < -0.3 is 20.9 Å². The molecular formula is C24H27Cl2N5O3. The molecule has 0 bridgehead atoms. The van der Waals surface area contributed by atoms with Crippen molar-refractivity contribution in [3.05, 3.63) is 33.9 Å². The molecule has 2 aromatic rings. The molecule has 1 aromatic carbocycles. The summed E-state index contributed by atoms with van der Waals surface area (Å²) >= 11 is 12.3. The van der Waals surface area contributed by atoms with Crippen molar-refractivity contribution < 1.29 is 14.4 Å². The van der Waals surface area contributed by atoms with Gasteiger partial charge in [0, 0.05) is 27.4 Å². The van der Waals surface area contributed by atoms with E-state index in [0.29, 0.717) is 39.7 Å². The minimum Gasteiger partial charge on any atom is -0.351 e. The zero-order valence-corrected chi connectivity index (χ0v) is 20.5. The van der Waals surface area contributed by atoms with Gasteiger partial charge in [0.15, 0.2) is 0 Å². The van der Waals surface area contributed by atoms with E-state index in [-0.39, 0.29) is 29.5 Å². The quantitative estimate of drug-likeness (QED) is 0.437. The van der Waals surface area contributed by atoms with E-state index < -0.39 is 23.9 Å². The van der Waals surface area contributed by atoms with Crippen LogP contribution in [0.15, 0.2) is 18.2 Å². The molecule has 1 aliphatic carbocycles. The fourth-order valence-corrected chi connectivity index (χ4v) is 5.07. The van der Waals surface area contributed by atoms with Crippen molar-refractivity contribution in [3.63, 3.8) is 0 Å². The number of nitriles is 1. The van der Waals surface area contributed by atoms with Crippen molar-refractivity contribution in [1.82, 2.24) is 20.9 Å². The summed E-state index contributed by atoms with van der Waals surface area (Å²) in [6.45, 7) is 3.86. The Morgan fingerprint density at radius 1 is 1.21 bits per heavy atom. The van der Waals surface area contributed by atoms with E-state index >= 15 is 0 Å². The molecule has 10 heteroatoms. The van der Waals surface area contributed by atoms with E-state index in [9.17, 15) is 19.6 Å². The van der Waals surface area contributed by atoms with E-state index in [1.807, 2.05) is 13.8 Å². The van der Waals surface area contributed by atoms with Gasteiger partial charge in [0.1, 0.15) is 17.8 Å². The molecule has 0 spiro atoms. The van der Waals surface area contributed by atoms with E-state index in [2.05, 4.69) is 27.0 Å². The first-order valence-corrected chi connectivity index (χ1v) is 12.1. The van der Waals surface area contributed by atoms with Gasteiger partial charge in [-0.15, -0.1) is 0 Å². The average Bonchev–Trinajstić information content (AvgIpc) is 3.39. The number of nitrogens with zero attached hydrogens (tertiary/aromatic N) is 1. The van der Waals surface area contributed by atoms with Crippen LogP contribution in [0.1, 0.15) is 56.4 Å². The van der Waals surface area contributed by atoms with Crippen LogP contribution < -0.4 is 16.0 Å². The minimum atomic E-state index is -0.829. The number of benzene rings is 1. The van der Waals surface area contributed by atoms with Crippen LogP contribution >= 0.6 is 23.2 Å². The van der Waals surface area contributed by atoms with Crippen LogP contribution in [0.25, 0.3) is 10.9 Å². The summed E-state index contributed by atoms with van der Waals surface area (Å²) in [7, 11) is 0. The number of fused-ring (bicyclic) bond motifs is 1. The lowest BCUT2D eigenvalue weighted by molar-refractivity contribution is -0.125. The van der Waals surface area contributed by atoms with Gasteiger partial charge in [0.2, 0.25) is 11.8 Å². The average molecular weight is 504 g/mol. The molecule has 180 valence electrons. The fraction of sp³-hybridized carbons (Fsp3) is 0.500. The van der Waals surface area contributed by atoms with Crippen LogP contribution in [0.4, 0.5) is 0 Å². The molecule has 2 heterocycles. The second-order valence-electron chi connectivity index (χ2n) is 9.94. The maximum atomic E-state index is 13.1. The summed E-state index contributed by atoms with van der Waals surface area (Å²) in [5.41, 5.74) is 0.545. The Hall–Kier alpha value is -2.76. The van der Waals surface area contributed by atoms with Crippen LogP contribution in [0.5, 0.6) is 0 Å². The van der Waals surface area contributed by atoms with Gasteiger partial charge in [-0.25, -0.2) is 0 Å². The standard InChI is InChI=1S/C24H27Cl2N5O3/c1-24(2)10-13(21(32)31-24)6-15(11-27)28-22(33)19(5-12-3-4-12)30-23(34)20-9-16-17(26)7-14(25)8-18(16)29-20/h7-9,12-13,15,19,29H,3-6,10H2,1-2H3,(H,28,33)(H,30,34)(H,31,32)/t13?,15-,19?/m0/s1. The molecule has 2 aliphatic rings. The van der Waals surface area contributed by atoms with Crippen LogP contribution in [-0.4, -0.2) is 40.3 Å². The number of hydrogen-bond donors (Lipinski definition) is 4. The first-order chi connectivity index (χ1) is 16.0. The maximum Gasteiger partial charge on any atom is 0.268 e. The molecular weight excluding hydrogens is 477 g/mol. The number of amides is 3. The first-order valence-electron chi connectivity index (χ1n) is 11.4. The highest BCUT2D eigenvalue weighted by Crippen LogP contribution is 2.34. The number of aromatic nitrogens is 1. The predicted octanol–water partition coefficient (Wildman–Crippen LogP) is 3.69. The second kappa shape index (κ2) is 9.47. The number of aromatic amines is 1. The van der Waals surface area contributed by atoms with Gasteiger partial charge in [-0.2, -0.15) is 5.26 Å². The third kappa shape index (κ3) is 5.65. The lowest BCUT2D eigenvalue weighted by atomic mass is 9.92. The van der Waals surface area contributed by atoms with Crippen molar-refractivity contribution in [3.8, 4) is 6.07 Å². The Bertz CT molecular complexity index is 1180. The van der Waals surface area contributed by atoms with Crippen molar-refractivity contribution in [2.24, 2.45) is 11.8 Å². The Morgan fingerprint density at radius 2 is 1.94 bits per heavy atom. The summed E-state index contributed by atoms with van der Waals surface area (Å²) in [4.78, 5) is 41.2. The molecule has 3 amide bonds. The number of hydrogen-bond acceptors (Lipinski definition) is 4. The fourth-order valence-electron chi connectivity index (χ4n) is 4.52. The third-order valence-electron chi connectivity index (χ3n) is 6.37. The third-order valence-corrected chi connectivity index (χ3v) is 6.90. The van der Waals surface area contributed by atoms with Crippen molar-refractivity contribution in [1.29, 1.82) is 5.26 Å². The lowest BCUT2D eigenvalue weighted by Gasteiger charge is -2.21.